The fourth-order valence-corrected chi connectivity index (χ4v) is 3.96. The van der Waals surface area contributed by atoms with Gasteiger partial charge >= 0.3 is 0 Å². The average Bonchev–Trinajstić information content (AvgIpc) is 3.24. The number of carbonyl (C=O) groups excluding carboxylic acids is 2. The molecule has 2 N–H and O–H groups in total. The first-order valence-electron chi connectivity index (χ1n) is 9.18. The highest BCUT2D eigenvalue weighted by atomic mass is 16.6. The minimum Gasteiger partial charge on any atom is -0.486 e. The molecule has 0 aromatic heterocycles. The van der Waals surface area contributed by atoms with Gasteiger partial charge in [-0.1, -0.05) is 6.92 Å². The molecule has 7 heteroatoms. The number of likely N-dealkylation sites (tertiary alicyclic amines) is 1. The summed E-state index contributed by atoms with van der Waals surface area (Å²) in [5.74, 6) is 1.08. The average molecular weight is 359 g/mol. The predicted octanol–water partition coefficient (Wildman–Crippen LogP) is 1.01. The predicted molar refractivity (Wildman–Crippen MR) is 96.3 cm³/mol. The Kier molecular flexibility index (Phi) is 4.26. The summed E-state index contributed by atoms with van der Waals surface area (Å²) in [5, 5.41) is 0. The second kappa shape index (κ2) is 6.46. The maximum atomic E-state index is 12.9. The highest BCUT2D eigenvalue weighted by Gasteiger charge is 2.41. The molecule has 0 radical (unpaired) electrons. The highest BCUT2D eigenvalue weighted by Crippen LogP contribution is 2.37. The molecule has 0 aliphatic carbocycles. The molecule has 1 aromatic rings. The number of carbonyl (C=O) groups is 2. The van der Waals surface area contributed by atoms with Gasteiger partial charge in [0, 0.05) is 37.8 Å². The lowest BCUT2D eigenvalue weighted by molar-refractivity contribution is -0.135. The monoisotopic (exact) mass is 359 g/mol. The van der Waals surface area contributed by atoms with Crippen molar-refractivity contribution in [3.05, 3.63) is 18.2 Å². The van der Waals surface area contributed by atoms with E-state index in [0.717, 1.165) is 18.7 Å². The molecule has 4 rings (SSSR count). The Hall–Kier alpha value is -2.28. The van der Waals surface area contributed by atoms with Gasteiger partial charge in [0.2, 0.25) is 11.8 Å². The number of rotatable bonds is 3. The molecule has 0 saturated carbocycles. The Balaban J connectivity index is 1.46. The molecule has 2 amide bonds. The van der Waals surface area contributed by atoms with Gasteiger partial charge in [-0.05, 0) is 30.5 Å². The third-order valence-corrected chi connectivity index (χ3v) is 5.67. The van der Waals surface area contributed by atoms with E-state index in [1.54, 1.807) is 4.90 Å². The summed E-state index contributed by atoms with van der Waals surface area (Å²) in [5.41, 5.74) is 6.58. The smallest absolute Gasteiger partial charge is 0.228 e. The van der Waals surface area contributed by atoms with E-state index >= 15 is 0 Å². The fourth-order valence-electron chi connectivity index (χ4n) is 3.96. The van der Waals surface area contributed by atoms with Crippen LogP contribution in [0, 0.1) is 11.3 Å². The summed E-state index contributed by atoms with van der Waals surface area (Å²) in [6.45, 7) is 5.53. The topological polar surface area (TPSA) is 85.1 Å². The van der Waals surface area contributed by atoms with Crippen molar-refractivity contribution in [3.63, 3.8) is 0 Å². The molecule has 2 saturated heterocycles. The van der Waals surface area contributed by atoms with Gasteiger partial charge < -0.3 is 25.0 Å². The normalized spacial score (nSPS) is 27.9. The van der Waals surface area contributed by atoms with Crippen LogP contribution in [0.4, 0.5) is 5.69 Å². The Morgan fingerprint density at radius 2 is 2.08 bits per heavy atom. The van der Waals surface area contributed by atoms with Crippen LogP contribution in [-0.4, -0.2) is 56.1 Å². The molecule has 2 unspecified atom stereocenters. The van der Waals surface area contributed by atoms with Crippen molar-refractivity contribution in [2.24, 2.45) is 17.1 Å². The van der Waals surface area contributed by atoms with Crippen molar-refractivity contribution in [1.82, 2.24) is 4.90 Å². The Labute approximate surface area is 153 Å². The van der Waals surface area contributed by atoms with Crippen LogP contribution in [0.2, 0.25) is 0 Å². The first-order chi connectivity index (χ1) is 12.5. The van der Waals surface area contributed by atoms with Gasteiger partial charge in [-0.3, -0.25) is 9.59 Å². The summed E-state index contributed by atoms with van der Waals surface area (Å²) in [7, 11) is 0. The first kappa shape index (κ1) is 17.1. The van der Waals surface area contributed by atoms with Crippen molar-refractivity contribution >= 4 is 17.5 Å². The minimum atomic E-state index is -0.296. The van der Waals surface area contributed by atoms with Gasteiger partial charge in [0.15, 0.2) is 11.5 Å². The number of benzene rings is 1. The molecular formula is C19H25N3O4. The lowest BCUT2D eigenvalue weighted by atomic mass is 9.90. The van der Waals surface area contributed by atoms with Gasteiger partial charge in [-0.25, -0.2) is 0 Å². The van der Waals surface area contributed by atoms with Crippen LogP contribution in [0.15, 0.2) is 18.2 Å². The van der Waals surface area contributed by atoms with Gasteiger partial charge in [-0.15, -0.1) is 0 Å². The van der Waals surface area contributed by atoms with Crippen molar-refractivity contribution in [2.75, 3.05) is 44.3 Å². The summed E-state index contributed by atoms with van der Waals surface area (Å²) in [6.07, 6.45) is 1.17. The van der Waals surface area contributed by atoms with Crippen LogP contribution in [0.25, 0.3) is 0 Å². The van der Waals surface area contributed by atoms with Crippen LogP contribution < -0.4 is 20.1 Å². The van der Waals surface area contributed by atoms with Crippen LogP contribution in [0.5, 0.6) is 11.5 Å². The fraction of sp³-hybridized carbons (Fsp3) is 0.579. The third kappa shape index (κ3) is 3.00. The number of nitrogens with two attached hydrogens (primary N) is 1. The lowest BCUT2D eigenvalue weighted by Gasteiger charge is -2.25. The Bertz CT molecular complexity index is 737. The zero-order valence-corrected chi connectivity index (χ0v) is 15.1. The number of amides is 2. The highest BCUT2D eigenvalue weighted by molar-refractivity contribution is 6.00. The van der Waals surface area contributed by atoms with E-state index in [2.05, 4.69) is 6.92 Å². The molecule has 2 atom stereocenters. The number of anilines is 1. The molecule has 140 valence electrons. The maximum absolute atomic E-state index is 12.9. The molecule has 3 aliphatic rings. The van der Waals surface area contributed by atoms with Crippen molar-refractivity contribution in [2.45, 2.75) is 19.8 Å². The van der Waals surface area contributed by atoms with E-state index < -0.39 is 0 Å². The largest absolute Gasteiger partial charge is 0.486 e. The minimum absolute atomic E-state index is 0.00616. The van der Waals surface area contributed by atoms with Gasteiger partial charge in [0.05, 0.1) is 5.92 Å². The molecule has 2 fully saturated rings. The molecule has 0 spiro atoms. The van der Waals surface area contributed by atoms with Crippen LogP contribution in [0.3, 0.4) is 0 Å². The van der Waals surface area contributed by atoms with E-state index in [-0.39, 0.29) is 29.6 Å². The summed E-state index contributed by atoms with van der Waals surface area (Å²) >= 11 is 0. The summed E-state index contributed by atoms with van der Waals surface area (Å²) in [4.78, 5) is 28.9. The van der Waals surface area contributed by atoms with E-state index in [1.807, 2.05) is 23.1 Å². The molecule has 0 bridgehead atoms. The quantitative estimate of drug-likeness (QED) is 0.871. The zero-order valence-electron chi connectivity index (χ0n) is 15.1. The number of fused-ring (bicyclic) bond motifs is 1. The Morgan fingerprint density at radius 3 is 2.81 bits per heavy atom. The molecular weight excluding hydrogens is 334 g/mol. The SMILES string of the molecule is CC1(CN)CCN(C(=O)C2CC(=O)N(c3ccc4c(c3)OCCO4)C2)C1. The molecule has 1 aromatic carbocycles. The summed E-state index contributed by atoms with van der Waals surface area (Å²) < 4.78 is 11.1. The zero-order chi connectivity index (χ0) is 18.3. The van der Waals surface area contributed by atoms with Gasteiger partial charge in [-0.2, -0.15) is 0 Å². The molecule has 3 heterocycles. The molecule has 3 aliphatic heterocycles. The number of hydrogen-bond acceptors (Lipinski definition) is 5. The third-order valence-electron chi connectivity index (χ3n) is 5.67. The summed E-state index contributed by atoms with van der Waals surface area (Å²) in [6, 6.07) is 5.49. The van der Waals surface area contributed by atoms with E-state index in [0.29, 0.717) is 44.3 Å². The van der Waals surface area contributed by atoms with Crippen LogP contribution in [-0.2, 0) is 9.59 Å². The molecule has 26 heavy (non-hydrogen) atoms. The van der Waals surface area contributed by atoms with E-state index in [1.165, 1.54) is 0 Å². The van der Waals surface area contributed by atoms with E-state index in [4.69, 9.17) is 15.2 Å². The Morgan fingerprint density at radius 1 is 1.31 bits per heavy atom. The first-order valence-corrected chi connectivity index (χ1v) is 9.18. The van der Waals surface area contributed by atoms with Gasteiger partial charge in [0.1, 0.15) is 13.2 Å². The standard InChI is InChI=1S/C19H25N3O4/c1-19(11-20)4-5-21(12-19)18(24)13-8-17(23)22(10-13)14-2-3-15-16(9-14)26-7-6-25-15/h2-3,9,13H,4-8,10-12,20H2,1H3. The lowest BCUT2D eigenvalue weighted by Crippen LogP contribution is -2.38. The number of nitrogens with zero attached hydrogens (tertiary/aromatic N) is 2. The van der Waals surface area contributed by atoms with Crippen LogP contribution in [0.1, 0.15) is 19.8 Å². The maximum Gasteiger partial charge on any atom is 0.228 e. The van der Waals surface area contributed by atoms with E-state index in [9.17, 15) is 9.59 Å². The van der Waals surface area contributed by atoms with Gasteiger partial charge in [0.25, 0.3) is 0 Å². The van der Waals surface area contributed by atoms with Crippen molar-refractivity contribution in [1.29, 1.82) is 0 Å². The second-order valence-electron chi connectivity index (χ2n) is 7.76. The molecule has 7 nitrogen and oxygen atoms in total. The number of ether oxygens (including phenoxy) is 2. The van der Waals surface area contributed by atoms with Crippen molar-refractivity contribution < 1.29 is 19.1 Å². The number of hydrogen-bond donors (Lipinski definition) is 1. The second-order valence-corrected chi connectivity index (χ2v) is 7.76. The van der Waals surface area contributed by atoms with Crippen molar-refractivity contribution in [3.8, 4) is 11.5 Å². The van der Waals surface area contributed by atoms with Crippen LogP contribution >= 0.6 is 0 Å².